The highest BCUT2D eigenvalue weighted by molar-refractivity contribution is 7.91. The van der Waals surface area contributed by atoms with Crippen molar-refractivity contribution in [3.8, 4) is 5.75 Å². The first kappa shape index (κ1) is 28.4. The summed E-state index contributed by atoms with van der Waals surface area (Å²) in [5.74, 6) is 0.442. The number of carbonyl (C=O) groups excluding carboxylic acids is 1. The number of sulfonamides is 1. The maximum atomic E-state index is 13.8. The van der Waals surface area contributed by atoms with Crippen molar-refractivity contribution in [2.24, 2.45) is 0 Å². The molecule has 0 amide bonds. The lowest BCUT2D eigenvalue weighted by molar-refractivity contribution is -0.140. The van der Waals surface area contributed by atoms with E-state index in [1.54, 1.807) is 6.07 Å². The molecule has 0 aliphatic rings. The molecule has 0 saturated heterocycles. The van der Waals surface area contributed by atoms with Gasteiger partial charge in [-0.2, -0.15) is 4.31 Å². The summed E-state index contributed by atoms with van der Waals surface area (Å²) in [4.78, 5) is 11.5. The molecule has 0 spiro atoms. The number of halogens is 1. The molecule has 3 aromatic rings. The Kier molecular flexibility index (Phi) is 9.80. The van der Waals surface area contributed by atoms with Crippen LogP contribution in [0.25, 0.3) is 10.1 Å². The normalized spacial score (nSPS) is 12.8. The van der Waals surface area contributed by atoms with Crippen molar-refractivity contribution in [3.63, 3.8) is 0 Å². The second-order valence-electron chi connectivity index (χ2n) is 8.83. The van der Waals surface area contributed by atoms with Crippen LogP contribution in [-0.4, -0.2) is 45.0 Å². The van der Waals surface area contributed by atoms with Crippen molar-refractivity contribution >= 4 is 49.0 Å². The number of carbonyl (C=O) groups is 1. The van der Waals surface area contributed by atoms with E-state index in [-0.39, 0.29) is 18.6 Å². The second-order valence-corrected chi connectivity index (χ2v) is 12.5. The van der Waals surface area contributed by atoms with Gasteiger partial charge in [-0.15, -0.1) is 11.3 Å². The van der Waals surface area contributed by atoms with Gasteiger partial charge in [0, 0.05) is 22.7 Å². The predicted octanol–water partition coefficient (Wildman–Crippen LogP) is 6.54. The van der Waals surface area contributed by atoms with Crippen molar-refractivity contribution in [3.05, 3.63) is 58.1 Å². The fourth-order valence-corrected chi connectivity index (χ4v) is 7.74. The van der Waals surface area contributed by atoms with Crippen LogP contribution in [-0.2, 0) is 26.0 Å². The van der Waals surface area contributed by atoms with Gasteiger partial charge in [0.25, 0.3) is 10.0 Å². The van der Waals surface area contributed by atoms with E-state index in [2.05, 4.69) is 0 Å². The van der Waals surface area contributed by atoms with Gasteiger partial charge < -0.3 is 9.47 Å². The minimum Gasteiger partial charge on any atom is -0.489 e. The van der Waals surface area contributed by atoms with Gasteiger partial charge in [0.1, 0.15) is 16.1 Å². The summed E-state index contributed by atoms with van der Waals surface area (Å²) in [6, 6.07) is 11.2. The highest BCUT2D eigenvalue weighted by Crippen LogP contribution is 2.37. The Hall–Kier alpha value is -2.13. The Morgan fingerprint density at radius 1 is 1.14 bits per heavy atom. The SMILES string of the molecule is CCCN(CC(CC)Oc1ccc(CCC(=O)OC)c(C)c1)S(=O)(=O)c1sc2ccc(Cl)cc2c1C. The van der Waals surface area contributed by atoms with Gasteiger partial charge in [0.2, 0.25) is 0 Å². The highest BCUT2D eigenvalue weighted by Gasteiger charge is 2.30. The van der Waals surface area contributed by atoms with Crippen LogP contribution in [0, 0.1) is 13.8 Å². The van der Waals surface area contributed by atoms with Crippen molar-refractivity contribution in [1.29, 1.82) is 0 Å². The zero-order valence-electron chi connectivity index (χ0n) is 21.5. The van der Waals surface area contributed by atoms with Gasteiger partial charge >= 0.3 is 5.97 Å². The van der Waals surface area contributed by atoms with Gasteiger partial charge in [-0.3, -0.25) is 4.79 Å². The van der Waals surface area contributed by atoms with Gasteiger partial charge in [0.15, 0.2) is 0 Å². The smallest absolute Gasteiger partial charge is 0.305 e. The molecule has 2 aromatic carbocycles. The van der Waals surface area contributed by atoms with Crippen LogP contribution in [0.4, 0.5) is 0 Å². The fraction of sp³-hybridized carbons (Fsp3) is 0.444. The number of hydrogen-bond donors (Lipinski definition) is 0. The molecule has 1 atom stereocenters. The summed E-state index contributed by atoms with van der Waals surface area (Å²) in [6.07, 6.45) is 1.95. The van der Waals surface area contributed by atoms with E-state index in [1.807, 2.05) is 58.0 Å². The largest absolute Gasteiger partial charge is 0.489 e. The number of thiophene rings is 1. The number of fused-ring (bicyclic) bond motifs is 1. The average molecular weight is 552 g/mol. The third-order valence-corrected chi connectivity index (χ3v) is 10.2. The highest BCUT2D eigenvalue weighted by atomic mass is 35.5. The van der Waals surface area contributed by atoms with Crippen LogP contribution < -0.4 is 4.74 Å². The van der Waals surface area contributed by atoms with E-state index in [4.69, 9.17) is 21.1 Å². The third kappa shape index (κ3) is 6.59. The molecule has 196 valence electrons. The number of methoxy groups -OCH3 is 1. The number of ether oxygens (including phenoxy) is 2. The number of nitrogens with zero attached hydrogens (tertiary/aromatic N) is 1. The first-order valence-electron chi connectivity index (χ1n) is 12.1. The minimum absolute atomic E-state index is 0.241. The third-order valence-electron chi connectivity index (χ3n) is 6.21. The van der Waals surface area contributed by atoms with E-state index >= 15 is 0 Å². The van der Waals surface area contributed by atoms with E-state index in [9.17, 15) is 13.2 Å². The molecular formula is C27H34ClNO5S2. The van der Waals surface area contributed by atoms with Crippen LogP contribution in [0.2, 0.25) is 5.02 Å². The molecule has 0 aliphatic heterocycles. The van der Waals surface area contributed by atoms with Crippen LogP contribution in [0.3, 0.4) is 0 Å². The summed E-state index contributed by atoms with van der Waals surface area (Å²) in [5, 5.41) is 1.46. The van der Waals surface area contributed by atoms with Gasteiger partial charge in [-0.25, -0.2) is 8.42 Å². The lowest BCUT2D eigenvalue weighted by atomic mass is 10.0. The molecule has 0 fully saturated rings. The molecule has 0 N–H and O–H groups in total. The van der Waals surface area contributed by atoms with E-state index < -0.39 is 10.0 Å². The lowest BCUT2D eigenvalue weighted by Gasteiger charge is -2.27. The Bertz CT molecular complexity index is 1320. The van der Waals surface area contributed by atoms with Crippen LogP contribution in [0.15, 0.2) is 40.6 Å². The molecule has 0 radical (unpaired) electrons. The Morgan fingerprint density at radius 2 is 1.89 bits per heavy atom. The van der Waals surface area contributed by atoms with E-state index in [0.717, 1.165) is 26.8 Å². The number of hydrogen-bond acceptors (Lipinski definition) is 6. The number of rotatable bonds is 12. The second kappa shape index (κ2) is 12.4. The summed E-state index contributed by atoms with van der Waals surface area (Å²) in [5.41, 5.74) is 2.80. The summed E-state index contributed by atoms with van der Waals surface area (Å²) >= 11 is 7.44. The van der Waals surface area contributed by atoms with Gasteiger partial charge in [-0.05, 0) is 85.5 Å². The molecule has 36 heavy (non-hydrogen) atoms. The molecule has 0 bridgehead atoms. The Balaban J connectivity index is 1.80. The van der Waals surface area contributed by atoms with E-state index in [1.165, 1.54) is 22.8 Å². The summed E-state index contributed by atoms with van der Waals surface area (Å²) in [6.45, 7) is 8.44. The molecular weight excluding hydrogens is 518 g/mol. The maximum absolute atomic E-state index is 13.8. The zero-order valence-corrected chi connectivity index (χ0v) is 23.9. The van der Waals surface area contributed by atoms with Crippen molar-refractivity contribution in [2.75, 3.05) is 20.2 Å². The molecule has 1 aromatic heterocycles. The molecule has 0 aliphatic carbocycles. The molecule has 1 heterocycles. The van der Waals surface area contributed by atoms with Crippen LogP contribution in [0.1, 0.15) is 49.8 Å². The molecule has 1 unspecified atom stereocenters. The minimum atomic E-state index is -3.71. The number of esters is 1. The first-order chi connectivity index (χ1) is 17.1. The van der Waals surface area contributed by atoms with Crippen molar-refractivity contribution in [2.45, 2.75) is 63.7 Å². The monoisotopic (exact) mass is 551 g/mol. The van der Waals surface area contributed by atoms with Crippen molar-refractivity contribution < 1.29 is 22.7 Å². The van der Waals surface area contributed by atoms with E-state index in [0.29, 0.717) is 47.2 Å². The molecule has 0 saturated carbocycles. The molecule has 6 nitrogen and oxygen atoms in total. The standard InChI is InChI=1S/C27H34ClNO5S2/c1-6-14-29(36(31,32)27-19(4)24-16-21(28)10-12-25(24)35-27)17-22(7-2)34-23-11-8-20(18(3)15-23)9-13-26(30)33-5/h8,10-12,15-16,22H,6-7,9,13-14,17H2,1-5H3. The molecule has 9 heteroatoms. The Morgan fingerprint density at radius 3 is 2.53 bits per heavy atom. The average Bonchev–Trinajstić information content (AvgIpc) is 3.18. The van der Waals surface area contributed by atoms with Gasteiger partial charge in [-0.1, -0.05) is 31.5 Å². The fourth-order valence-electron chi connectivity index (χ4n) is 4.12. The summed E-state index contributed by atoms with van der Waals surface area (Å²) < 4.78 is 41.3. The number of benzene rings is 2. The van der Waals surface area contributed by atoms with Crippen molar-refractivity contribution in [1.82, 2.24) is 4.31 Å². The zero-order chi connectivity index (χ0) is 26.5. The molecule has 3 rings (SSSR count). The first-order valence-corrected chi connectivity index (χ1v) is 14.8. The van der Waals surface area contributed by atoms with Gasteiger partial charge in [0.05, 0.1) is 13.7 Å². The Labute approximate surface area is 223 Å². The predicted molar refractivity (Wildman–Crippen MR) is 147 cm³/mol. The van der Waals surface area contributed by atoms with Crippen LogP contribution >= 0.6 is 22.9 Å². The quantitative estimate of drug-likeness (QED) is 0.239. The summed E-state index contributed by atoms with van der Waals surface area (Å²) in [7, 11) is -2.33. The lowest BCUT2D eigenvalue weighted by Crippen LogP contribution is -2.40. The topological polar surface area (TPSA) is 72.9 Å². The van der Waals surface area contributed by atoms with Crippen LogP contribution in [0.5, 0.6) is 5.75 Å². The number of aryl methyl sites for hydroxylation is 3. The maximum Gasteiger partial charge on any atom is 0.305 e.